The predicted molar refractivity (Wildman–Crippen MR) is 140 cm³/mol. The molecular weight excluding hydrogens is 416 g/mol. The molecule has 0 radical (unpaired) electrons. The molecule has 3 saturated carbocycles. The number of thiocarbonyl (C=S) groups is 1. The molecule has 4 rings (SSSR count). The molecule has 0 spiro atoms. The van der Waals surface area contributed by atoms with Crippen LogP contribution < -0.4 is 11.1 Å². The zero-order chi connectivity index (χ0) is 21.7. The third-order valence-corrected chi connectivity index (χ3v) is 10.3. The van der Waals surface area contributed by atoms with E-state index >= 15 is 0 Å². The van der Waals surface area contributed by atoms with Crippen LogP contribution in [-0.2, 0) is 5.41 Å². The quantitative estimate of drug-likeness (QED) is 0.438. The van der Waals surface area contributed by atoms with Gasteiger partial charge in [0.15, 0.2) is 0 Å². The van der Waals surface area contributed by atoms with Gasteiger partial charge < -0.3 is 11.1 Å². The molecule has 3 N–H and O–H groups in total. The lowest BCUT2D eigenvalue weighted by molar-refractivity contribution is 0.106. The summed E-state index contributed by atoms with van der Waals surface area (Å²) in [5.41, 5.74) is 7.87. The molecule has 4 unspecified atom stereocenters. The van der Waals surface area contributed by atoms with Gasteiger partial charge >= 0.3 is 0 Å². The largest absolute Gasteiger partial charge is 0.377 e. The van der Waals surface area contributed by atoms with Gasteiger partial charge in [0.05, 0.1) is 4.99 Å². The van der Waals surface area contributed by atoms with Crippen molar-refractivity contribution < 1.29 is 0 Å². The molecular formula is C27H42N2S2. The molecule has 0 aromatic heterocycles. The third kappa shape index (κ3) is 5.68. The highest BCUT2D eigenvalue weighted by Gasteiger charge is 2.48. The molecule has 3 fully saturated rings. The molecule has 0 heterocycles. The van der Waals surface area contributed by atoms with Gasteiger partial charge in [0.1, 0.15) is 0 Å². The molecule has 2 nitrogen and oxygen atoms in total. The van der Waals surface area contributed by atoms with Crippen molar-refractivity contribution in [3.63, 3.8) is 0 Å². The van der Waals surface area contributed by atoms with Crippen molar-refractivity contribution in [3.8, 4) is 0 Å². The average Bonchev–Trinajstić information content (AvgIpc) is 2.81. The first kappa shape index (κ1) is 23.6. The maximum absolute atomic E-state index is 5.86. The second-order valence-electron chi connectivity index (χ2n) is 10.4. The fraction of sp³-hybridized carbons (Fsp3) is 0.741. The Hall–Kier alpha value is -0.580. The van der Waals surface area contributed by atoms with Crippen LogP contribution in [0.2, 0.25) is 0 Å². The second-order valence-corrected chi connectivity index (χ2v) is 12.4. The van der Waals surface area contributed by atoms with Crippen LogP contribution in [0.25, 0.3) is 0 Å². The number of nitrogens with two attached hydrogens (primary N) is 1. The molecule has 0 amide bonds. The summed E-state index contributed by atoms with van der Waals surface area (Å²) in [6.07, 6.45) is 14.3. The minimum atomic E-state index is 0.412. The molecule has 1 aromatic rings. The minimum absolute atomic E-state index is 0.412. The first-order valence-corrected chi connectivity index (χ1v) is 14.3. The maximum atomic E-state index is 5.86. The number of hydrogen-bond donors (Lipinski definition) is 2. The van der Waals surface area contributed by atoms with Crippen LogP contribution in [0.3, 0.4) is 0 Å². The summed E-state index contributed by atoms with van der Waals surface area (Å²) in [4.78, 5) is 1.11. The van der Waals surface area contributed by atoms with E-state index in [2.05, 4.69) is 54.3 Å². The molecule has 31 heavy (non-hydrogen) atoms. The van der Waals surface area contributed by atoms with E-state index in [0.29, 0.717) is 11.5 Å². The maximum Gasteiger partial charge on any atom is 0.0755 e. The Bertz CT molecular complexity index is 700. The van der Waals surface area contributed by atoms with Gasteiger partial charge in [-0.25, -0.2) is 0 Å². The van der Waals surface area contributed by atoms with Crippen molar-refractivity contribution in [3.05, 3.63) is 35.9 Å². The molecule has 172 valence electrons. The van der Waals surface area contributed by atoms with Crippen molar-refractivity contribution in [1.82, 2.24) is 5.32 Å². The Balaban J connectivity index is 1.39. The van der Waals surface area contributed by atoms with Gasteiger partial charge in [-0.15, -0.1) is 0 Å². The van der Waals surface area contributed by atoms with Gasteiger partial charge in [-0.3, -0.25) is 0 Å². The molecule has 0 saturated heterocycles. The summed E-state index contributed by atoms with van der Waals surface area (Å²) in [6.45, 7) is 3.19. The van der Waals surface area contributed by atoms with Crippen LogP contribution in [0.4, 0.5) is 0 Å². The first-order valence-electron chi connectivity index (χ1n) is 12.8. The topological polar surface area (TPSA) is 38.0 Å². The fourth-order valence-corrected chi connectivity index (χ4v) is 8.62. The summed E-state index contributed by atoms with van der Waals surface area (Å²) in [7, 11) is 0. The van der Waals surface area contributed by atoms with Crippen LogP contribution >= 0.6 is 24.0 Å². The van der Waals surface area contributed by atoms with E-state index in [0.717, 1.165) is 41.0 Å². The van der Waals surface area contributed by atoms with Gasteiger partial charge in [0.25, 0.3) is 0 Å². The number of benzene rings is 1. The van der Waals surface area contributed by atoms with Crippen molar-refractivity contribution in [2.45, 2.75) is 94.3 Å². The zero-order valence-electron chi connectivity index (χ0n) is 19.4. The molecule has 3 aliphatic carbocycles. The smallest absolute Gasteiger partial charge is 0.0755 e. The average molecular weight is 459 g/mol. The van der Waals surface area contributed by atoms with Crippen LogP contribution in [0.1, 0.15) is 83.1 Å². The Morgan fingerprint density at radius 3 is 2.61 bits per heavy atom. The SMILES string of the molecule is CCSC1C2CCCC(c3ccccc3)(C2)CC1CCC(=S)NC1CCC(CN)CC1. The summed E-state index contributed by atoms with van der Waals surface area (Å²) < 4.78 is 0. The van der Waals surface area contributed by atoms with Crippen LogP contribution in [0.5, 0.6) is 0 Å². The van der Waals surface area contributed by atoms with E-state index in [1.54, 1.807) is 5.56 Å². The number of nitrogens with one attached hydrogen (secondary N) is 1. The number of fused-ring (bicyclic) bond motifs is 2. The van der Waals surface area contributed by atoms with Gasteiger partial charge in [0.2, 0.25) is 0 Å². The zero-order valence-corrected chi connectivity index (χ0v) is 21.0. The highest BCUT2D eigenvalue weighted by Crippen LogP contribution is 2.56. The van der Waals surface area contributed by atoms with Crippen LogP contribution in [0, 0.1) is 17.8 Å². The summed E-state index contributed by atoms with van der Waals surface area (Å²) in [5, 5.41) is 4.55. The van der Waals surface area contributed by atoms with E-state index in [9.17, 15) is 0 Å². The van der Waals surface area contributed by atoms with Crippen molar-refractivity contribution in [2.75, 3.05) is 12.3 Å². The lowest BCUT2D eigenvalue weighted by atomic mass is 9.55. The fourth-order valence-electron chi connectivity index (χ4n) is 6.94. The van der Waals surface area contributed by atoms with Gasteiger partial charge in [-0.2, -0.15) is 11.8 Å². The number of hydrogen-bond acceptors (Lipinski definition) is 3. The summed E-state index contributed by atoms with van der Waals surface area (Å²) >= 11 is 8.08. The van der Waals surface area contributed by atoms with Gasteiger partial charge in [-0.05, 0) is 105 Å². The summed E-state index contributed by atoms with van der Waals surface area (Å²) in [5.74, 6) is 3.64. The van der Waals surface area contributed by atoms with E-state index < -0.39 is 0 Å². The van der Waals surface area contributed by atoms with Gasteiger partial charge in [0, 0.05) is 11.3 Å². The minimum Gasteiger partial charge on any atom is -0.377 e. The third-order valence-electron chi connectivity index (χ3n) is 8.50. The molecule has 2 bridgehead atoms. The number of thioether (sulfide) groups is 1. The molecule has 4 heteroatoms. The van der Waals surface area contributed by atoms with E-state index in [4.69, 9.17) is 18.0 Å². The highest BCUT2D eigenvalue weighted by atomic mass is 32.2. The molecule has 0 aliphatic heterocycles. The predicted octanol–water partition coefficient (Wildman–Crippen LogP) is 6.47. The Kier molecular flexibility index (Phi) is 8.39. The normalized spacial score (nSPS) is 35.5. The van der Waals surface area contributed by atoms with E-state index in [1.807, 2.05) is 0 Å². The van der Waals surface area contributed by atoms with E-state index in [-0.39, 0.29) is 0 Å². The van der Waals surface area contributed by atoms with Crippen molar-refractivity contribution >= 4 is 29.0 Å². The first-order chi connectivity index (χ1) is 15.1. The Labute approximate surface area is 199 Å². The van der Waals surface area contributed by atoms with Crippen LogP contribution in [0.15, 0.2) is 30.3 Å². The lowest BCUT2D eigenvalue weighted by Crippen LogP contribution is -2.47. The standard InChI is InChI=1S/C27H42N2S2/c1-2-31-26-21-7-6-16-27(17-21,23-8-4-3-5-9-23)18-22(26)12-15-25(30)29-24-13-10-20(19-28)11-14-24/h3-5,8-9,20-22,24,26H,2,6-7,10-19,28H2,1H3,(H,29,30). The Morgan fingerprint density at radius 1 is 1.13 bits per heavy atom. The van der Waals surface area contributed by atoms with Crippen molar-refractivity contribution in [1.29, 1.82) is 0 Å². The van der Waals surface area contributed by atoms with Gasteiger partial charge in [-0.1, -0.05) is 55.9 Å². The monoisotopic (exact) mass is 458 g/mol. The molecule has 3 aliphatic rings. The number of rotatable bonds is 8. The second kappa shape index (κ2) is 11.0. The Morgan fingerprint density at radius 2 is 1.90 bits per heavy atom. The summed E-state index contributed by atoms with van der Waals surface area (Å²) in [6, 6.07) is 12.0. The molecule has 4 atom stereocenters. The highest BCUT2D eigenvalue weighted by molar-refractivity contribution is 7.99. The van der Waals surface area contributed by atoms with E-state index in [1.165, 1.54) is 70.0 Å². The van der Waals surface area contributed by atoms with Crippen LogP contribution in [-0.4, -0.2) is 28.6 Å². The molecule has 1 aromatic carbocycles. The van der Waals surface area contributed by atoms with Crippen molar-refractivity contribution in [2.24, 2.45) is 23.5 Å². The lowest BCUT2D eigenvalue weighted by Gasteiger charge is -2.53.